The zero-order chi connectivity index (χ0) is 18.7. The van der Waals surface area contributed by atoms with Crippen LogP contribution in [0.25, 0.3) is 6.08 Å². The van der Waals surface area contributed by atoms with E-state index in [0.717, 1.165) is 13.1 Å². The summed E-state index contributed by atoms with van der Waals surface area (Å²) in [6.45, 7) is 7.08. The average molecular weight is 359 g/mol. The van der Waals surface area contributed by atoms with Crippen LogP contribution in [0.3, 0.4) is 0 Å². The third-order valence-electron chi connectivity index (χ3n) is 5.22. The summed E-state index contributed by atoms with van der Waals surface area (Å²) >= 11 is 0. The quantitative estimate of drug-likeness (QED) is 0.828. The normalized spacial score (nSPS) is 25.5. The summed E-state index contributed by atoms with van der Waals surface area (Å²) in [5.41, 5.74) is 0.327. The van der Waals surface area contributed by atoms with Crippen molar-refractivity contribution < 1.29 is 19.4 Å². The monoisotopic (exact) mass is 359 g/mol. The van der Waals surface area contributed by atoms with Gasteiger partial charge in [0.25, 0.3) is 0 Å². The molecule has 0 spiro atoms. The topological polar surface area (TPSA) is 83.0 Å². The summed E-state index contributed by atoms with van der Waals surface area (Å²) in [5.74, 6) is -0.0149. The number of carboxylic acid groups (broad SMARTS) is 1. The van der Waals surface area contributed by atoms with E-state index in [4.69, 9.17) is 4.74 Å². The highest BCUT2D eigenvalue weighted by Gasteiger charge is 2.48. The second-order valence-corrected chi connectivity index (χ2v) is 7.31. The molecular weight excluding hydrogens is 334 g/mol. The van der Waals surface area contributed by atoms with Crippen LogP contribution in [-0.2, 0) is 9.53 Å². The molecule has 1 amide bonds. The van der Waals surface area contributed by atoms with Gasteiger partial charge in [-0.25, -0.2) is 4.79 Å². The molecule has 0 aromatic carbocycles. The highest BCUT2D eigenvalue weighted by molar-refractivity contribution is 6.05. The van der Waals surface area contributed by atoms with Gasteiger partial charge in [-0.3, -0.25) is 19.6 Å². The summed E-state index contributed by atoms with van der Waals surface area (Å²) in [6.07, 6.45) is 2.35. The molecule has 2 fully saturated rings. The van der Waals surface area contributed by atoms with Crippen LogP contribution in [0.4, 0.5) is 4.79 Å². The van der Waals surface area contributed by atoms with Crippen molar-refractivity contribution in [2.24, 2.45) is 5.41 Å². The zero-order valence-electron chi connectivity index (χ0n) is 15.2. The number of Topliss-reactive ketones (excluding diaryl/α,β-unsaturated/α-hetero) is 1. The van der Waals surface area contributed by atoms with E-state index < -0.39 is 17.6 Å². The minimum atomic E-state index is -1.00. The Balaban J connectivity index is 1.88. The molecule has 1 unspecified atom stereocenters. The van der Waals surface area contributed by atoms with Crippen LogP contribution < -0.4 is 0 Å². The van der Waals surface area contributed by atoms with E-state index in [-0.39, 0.29) is 12.3 Å². The maximum Gasteiger partial charge on any atom is 0.407 e. The van der Waals surface area contributed by atoms with Gasteiger partial charge < -0.3 is 9.84 Å². The van der Waals surface area contributed by atoms with Crippen LogP contribution in [0.1, 0.15) is 19.5 Å². The summed E-state index contributed by atoms with van der Waals surface area (Å²) in [5, 5.41) is 9.77. The van der Waals surface area contributed by atoms with Crippen LogP contribution in [0.15, 0.2) is 30.0 Å². The molecule has 2 aliphatic rings. The van der Waals surface area contributed by atoms with Gasteiger partial charge in [-0.15, -0.1) is 0 Å². The van der Waals surface area contributed by atoms with Crippen LogP contribution in [0.5, 0.6) is 0 Å². The van der Waals surface area contributed by atoms with Gasteiger partial charge in [-0.1, -0.05) is 19.9 Å². The lowest BCUT2D eigenvalue weighted by Gasteiger charge is -2.47. The van der Waals surface area contributed by atoms with Crippen LogP contribution in [0, 0.1) is 5.41 Å². The third-order valence-corrected chi connectivity index (χ3v) is 5.22. The highest BCUT2D eigenvalue weighted by Crippen LogP contribution is 2.36. The van der Waals surface area contributed by atoms with E-state index in [0.29, 0.717) is 31.0 Å². The molecule has 3 heterocycles. The van der Waals surface area contributed by atoms with E-state index in [2.05, 4.69) is 9.88 Å². The SMILES string of the molecule is CC1(C)C(=O)/C(=C\c2ccccn2)CN(C(=O)O)C1CN1CCOCC1. The first-order chi connectivity index (χ1) is 12.4. The van der Waals surface area contributed by atoms with Gasteiger partial charge in [0.05, 0.1) is 31.5 Å². The molecule has 7 nitrogen and oxygen atoms in total. The number of morpholine rings is 1. The number of hydrogen-bond acceptors (Lipinski definition) is 5. The summed E-state index contributed by atoms with van der Waals surface area (Å²) in [7, 11) is 0. The third kappa shape index (κ3) is 3.78. The lowest BCUT2D eigenvalue weighted by Crippen LogP contribution is -2.61. The molecular formula is C19H25N3O4. The molecule has 2 saturated heterocycles. The first-order valence-electron chi connectivity index (χ1n) is 8.85. The molecule has 0 radical (unpaired) electrons. The van der Waals surface area contributed by atoms with Gasteiger partial charge >= 0.3 is 6.09 Å². The number of amides is 1. The molecule has 0 saturated carbocycles. The first-order valence-corrected chi connectivity index (χ1v) is 8.85. The van der Waals surface area contributed by atoms with Crippen molar-refractivity contribution in [2.45, 2.75) is 19.9 Å². The predicted molar refractivity (Wildman–Crippen MR) is 96.8 cm³/mol. The maximum absolute atomic E-state index is 13.1. The Kier molecular flexibility index (Phi) is 5.38. The van der Waals surface area contributed by atoms with Gasteiger partial charge in [0.1, 0.15) is 0 Å². The maximum atomic E-state index is 13.1. The largest absolute Gasteiger partial charge is 0.465 e. The Labute approximate surface area is 153 Å². The average Bonchev–Trinajstić information content (AvgIpc) is 2.63. The Morgan fingerprint density at radius 2 is 2.12 bits per heavy atom. The predicted octanol–water partition coefficient (Wildman–Crippen LogP) is 1.75. The molecule has 2 aliphatic heterocycles. The van der Waals surface area contributed by atoms with E-state index in [1.165, 1.54) is 4.90 Å². The Morgan fingerprint density at radius 1 is 1.38 bits per heavy atom. The smallest absolute Gasteiger partial charge is 0.407 e. The van der Waals surface area contributed by atoms with Crippen LogP contribution in [-0.4, -0.2) is 77.2 Å². The minimum absolute atomic E-state index is 0.0149. The van der Waals surface area contributed by atoms with Crippen molar-refractivity contribution in [1.82, 2.24) is 14.8 Å². The number of piperidine rings is 1. The Bertz CT molecular complexity index is 696. The highest BCUT2D eigenvalue weighted by atomic mass is 16.5. The lowest BCUT2D eigenvalue weighted by atomic mass is 9.73. The van der Waals surface area contributed by atoms with Crippen LogP contribution >= 0.6 is 0 Å². The van der Waals surface area contributed by atoms with Gasteiger partial charge in [0.2, 0.25) is 0 Å². The van der Waals surface area contributed by atoms with Crippen molar-refractivity contribution in [3.05, 3.63) is 35.7 Å². The van der Waals surface area contributed by atoms with Crippen molar-refractivity contribution in [2.75, 3.05) is 39.4 Å². The van der Waals surface area contributed by atoms with Gasteiger partial charge in [0.15, 0.2) is 5.78 Å². The standard InChI is InChI=1S/C19H25N3O4/c1-19(2)16(13-21-7-9-26-10-8-21)22(18(24)25)12-14(17(19)23)11-15-5-3-4-6-20-15/h3-6,11,16H,7-10,12-13H2,1-2H3,(H,24,25)/b14-11-. The number of nitrogens with zero attached hydrogens (tertiary/aromatic N) is 3. The number of ketones is 1. The van der Waals surface area contributed by atoms with Crippen LogP contribution in [0.2, 0.25) is 0 Å². The van der Waals surface area contributed by atoms with E-state index >= 15 is 0 Å². The molecule has 1 aromatic heterocycles. The number of carbonyl (C=O) groups is 2. The Hall–Kier alpha value is -2.25. The van der Waals surface area contributed by atoms with Gasteiger partial charge in [0, 0.05) is 36.8 Å². The number of ether oxygens (including phenoxy) is 1. The molecule has 7 heteroatoms. The fourth-order valence-corrected chi connectivity index (χ4v) is 3.63. The summed E-state index contributed by atoms with van der Waals surface area (Å²) < 4.78 is 5.37. The fraction of sp³-hybridized carbons (Fsp3) is 0.526. The van der Waals surface area contributed by atoms with Crippen molar-refractivity contribution >= 4 is 18.0 Å². The van der Waals surface area contributed by atoms with E-state index in [1.807, 2.05) is 19.9 Å². The molecule has 1 atom stereocenters. The second kappa shape index (κ2) is 7.55. The summed E-state index contributed by atoms with van der Waals surface area (Å²) in [4.78, 5) is 32.8. The molecule has 3 rings (SSSR count). The minimum Gasteiger partial charge on any atom is -0.465 e. The summed E-state index contributed by atoms with van der Waals surface area (Å²) in [6, 6.07) is 5.05. The van der Waals surface area contributed by atoms with Crippen molar-refractivity contribution in [3.63, 3.8) is 0 Å². The van der Waals surface area contributed by atoms with Gasteiger partial charge in [-0.2, -0.15) is 0 Å². The number of aromatic nitrogens is 1. The number of likely N-dealkylation sites (tertiary alicyclic amines) is 1. The number of pyridine rings is 1. The van der Waals surface area contributed by atoms with Crippen molar-refractivity contribution in [3.8, 4) is 0 Å². The lowest BCUT2D eigenvalue weighted by molar-refractivity contribution is -0.130. The molecule has 1 aromatic rings. The molecule has 1 N–H and O–H groups in total. The molecule has 0 bridgehead atoms. The number of rotatable bonds is 3. The zero-order valence-corrected chi connectivity index (χ0v) is 15.2. The van der Waals surface area contributed by atoms with Gasteiger partial charge in [-0.05, 0) is 18.2 Å². The number of hydrogen-bond donors (Lipinski definition) is 1. The molecule has 0 aliphatic carbocycles. The Morgan fingerprint density at radius 3 is 2.73 bits per heavy atom. The molecule has 140 valence electrons. The van der Waals surface area contributed by atoms with E-state index in [1.54, 1.807) is 24.4 Å². The fourth-order valence-electron chi connectivity index (χ4n) is 3.63. The van der Waals surface area contributed by atoms with E-state index in [9.17, 15) is 14.7 Å². The molecule has 26 heavy (non-hydrogen) atoms. The number of carbonyl (C=O) groups excluding carboxylic acids is 1. The first kappa shape index (κ1) is 18.5. The second-order valence-electron chi connectivity index (χ2n) is 7.31. The van der Waals surface area contributed by atoms with Crippen molar-refractivity contribution in [1.29, 1.82) is 0 Å².